The Labute approximate surface area is 148 Å². The molecule has 0 aliphatic rings. The molecule has 25 heavy (non-hydrogen) atoms. The molecule has 0 aliphatic heterocycles. The van der Waals surface area contributed by atoms with Crippen molar-refractivity contribution in [3.63, 3.8) is 0 Å². The van der Waals surface area contributed by atoms with E-state index in [-0.39, 0.29) is 13.2 Å². The van der Waals surface area contributed by atoms with E-state index in [2.05, 4.69) is 0 Å². The predicted molar refractivity (Wildman–Crippen MR) is 88.2 cm³/mol. The highest BCUT2D eigenvalue weighted by Crippen LogP contribution is 2.34. The minimum Gasteiger partial charge on any atom is -0.492 e. The molecule has 2 aromatic rings. The molecule has 0 radical (unpaired) electrons. The molecule has 0 fully saturated rings. The Hall–Kier alpha value is -1.77. The molecule has 0 N–H and O–H groups in total. The van der Waals surface area contributed by atoms with Crippen molar-refractivity contribution in [3.05, 3.63) is 59.1 Å². The van der Waals surface area contributed by atoms with Crippen LogP contribution in [0.25, 0.3) is 0 Å². The Morgan fingerprint density at radius 3 is 2.44 bits per heavy atom. The predicted octanol–water partition coefficient (Wildman–Crippen LogP) is 4.06. The summed E-state index contributed by atoms with van der Waals surface area (Å²) in [4.78, 5) is -0.784. The number of benzene rings is 2. The second-order valence-corrected chi connectivity index (χ2v) is 7.58. The van der Waals surface area contributed by atoms with Gasteiger partial charge in [-0.3, -0.25) is 0 Å². The quantitative estimate of drug-likeness (QED) is 0.743. The molecular weight excluding hydrogens is 379 g/mol. The number of halogens is 4. The molecule has 0 heterocycles. The fraction of sp³-hybridized carbons (Fsp3) is 0.250. The fourth-order valence-corrected chi connectivity index (χ4v) is 3.61. The van der Waals surface area contributed by atoms with Crippen LogP contribution in [0.5, 0.6) is 5.75 Å². The van der Waals surface area contributed by atoms with E-state index < -0.39 is 26.7 Å². The van der Waals surface area contributed by atoms with Crippen molar-refractivity contribution in [2.45, 2.75) is 11.1 Å². The molecule has 136 valence electrons. The first-order chi connectivity index (χ1) is 11.6. The summed E-state index contributed by atoms with van der Waals surface area (Å²) in [5.74, 6) is 0.439. The van der Waals surface area contributed by atoms with Crippen LogP contribution in [0.2, 0.25) is 5.02 Å². The van der Waals surface area contributed by atoms with Gasteiger partial charge in [0.1, 0.15) is 12.4 Å². The van der Waals surface area contributed by atoms with Gasteiger partial charge in [-0.25, -0.2) is 8.42 Å². The van der Waals surface area contributed by atoms with Crippen LogP contribution < -0.4 is 4.74 Å². The minimum atomic E-state index is -4.76. The standard InChI is InChI=1S/C16H15ClF3NO3S/c1-21(9-10-24-13-6-4-5-12(17)11-13)25(22,23)15-8-3-2-7-14(15)16(18,19)20/h2-8,11H,9-10H2,1H3. The second kappa shape index (κ2) is 7.63. The smallest absolute Gasteiger partial charge is 0.417 e. The zero-order valence-corrected chi connectivity index (χ0v) is 14.7. The average Bonchev–Trinajstić information content (AvgIpc) is 2.54. The van der Waals surface area contributed by atoms with Gasteiger partial charge in [-0.1, -0.05) is 29.8 Å². The largest absolute Gasteiger partial charge is 0.492 e. The molecule has 0 aromatic heterocycles. The van der Waals surface area contributed by atoms with Crippen molar-refractivity contribution in [1.29, 1.82) is 0 Å². The van der Waals surface area contributed by atoms with Gasteiger partial charge in [-0.2, -0.15) is 17.5 Å². The normalized spacial score (nSPS) is 12.4. The molecule has 0 spiro atoms. The molecule has 2 aromatic carbocycles. The fourth-order valence-electron chi connectivity index (χ4n) is 2.06. The summed E-state index contributed by atoms with van der Waals surface area (Å²) >= 11 is 5.81. The van der Waals surface area contributed by atoms with E-state index in [1.807, 2.05) is 0 Å². The monoisotopic (exact) mass is 393 g/mol. The van der Waals surface area contributed by atoms with Crippen LogP contribution in [0, 0.1) is 0 Å². The third kappa shape index (κ3) is 4.87. The topological polar surface area (TPSA) is 46.6 Å². The van der Waals surface area contributed by atoms with Gasteiger partial charge in [0.2, 0.25) is 10.0 Å². The lowest BCUT2D eigenvalue weighted by Crippen LogP contribution is -2.32. The summed E-state index contributed by atoms with van der Waals surface area (Å²) in [5, 5.41) is 0.456. The van der Waals surface area contributed by atoms with Crippen LogP contribution in [0.3, 0.4) is 0 Å². The zero-order valence-electron chi connectivity index (χ0n) is 13.1. The van der Waals surface area contributed by atoms with Crippen molar-refractivity contribution in [1.82, 2.24) is 4.31 Å². The van der Waals surface area contributed by atoms with Crippen molar-refractivity contribution in [2.75, 3.05) is 20.2 Å². The molecule has 0 saturated heterocycles. The average molecular weight is 394 g/mol. The van der Waals surface area contributed by atoms with E-state index in [9.17, 15) is 21.6 Å². The van der Waals surface area contributed by atoms with E-state index in [1.165, 1.54) is 13.1 Å². The number of hydrogen-bond acceptors (Lipinski definition) is 3. The number of hydrogen-bond donors (Lipinski definition) is 0. The number of alkyl halides is 3. The summed E-state index contributed by atoms with van der Waals surface area (Å²) < 4.78 is 70.2. The van der Waals surface area contributed by atoms with Gasteiger partial charge in [0, 0.05) is 18.6 Å². The lowest BCUT2D eigenvalue weighted by atomic mass is 10.2. The molecule has 0 bridgehead atoms. The van der Waals surface area contributed by atoms with Gasteiger partial charge in [0.25, 0.3) is 0 Å². The lowest BCUT2D eigenvalue weighted by molar-refractivity contribution is -0.139. The van der Waals surface area contributed by atoms with E-state index >= 15 is 0 Å². The van der Waals surface area contributed by atoms with Crippen LogP contribution in [-0.2, 0) is 16.2 Å². The van der Waals surface area contributed by atoms with E-state index in [4.69, 9.17) is 16.3 Å². The Morgan fingerprint density at radius 2 is 1.80 bits per heavy atom. The summed E-state index contributed by atoms with van der Waals surface area (Å²) in [7, 11) is -3.11. The highest BCUT2D eigenvalue weighted by atomic mass is 35.5. The molecule has 0 atom stereocenters. The summed E-state index contributed by atoms with van der Waals surface area (Å²) in [6, 6.07) is 10.6. The lowest BCUT2D eigenvalue weighted by Gasteiger charge is -2.20. The van der Waals surface area contributed by atoms with Crippen molar-refractivity contribution in [3.8, 4) is 5.75 Å². The van der Waals surface area contributed by atoms with E-state index in [1.54, 1.807) is 24.3 Å². The first-order valence-corrected chi connectivity index (χ1v) is 8.95. The minimum absolute atomic E-state index is 0.0374. The summed E-state index contributed by atoms with van der Waals surface area (Å²) in [6.45, 7) is -0.161. The van der Waals surface area contributed by atoms with E-state index in [0.29, 0.717) is 10.8 Å². The van der Waals surface area contributed by atoms with Crippen LogP contribution in [0.1, 0.15) is 5.56 Å². The SMILES string of the molecule is CN(CCOc1cccc(Cl)c1)S(=O)(=O)c1ccccc1C(F)(F)F. The maximum Gasteiger partial charge on any atom is 0.417 e. The second-order valence-electron chi connectivity index (χ2n) is 5.13. The highest BCUT2D eigenvalue weighted by molar-refractivity contribution is 7.89. The van der Waals surface area contributed by atoms with Gasteiger partial charge in [-0.05, 0) is 30.3 Å². The molecule has 9 heteroatoms. The first-order valence-electron chi connectivity index (χ1n) is 7.13. The highest BCUT2D eigenvalue weighted by Gasteiger charge is 2.38. The molecule has 0 aliphatic carbocycles. The maximum absolute atomic E-state index is 13.0. The molecule has 2 rings (SSSR count). The van der Waals surface area contributed by atoms with Gasteiger partial charge in [0.05, 0.1) is 10.5 Å². The summed E-state index contributed by atoms with van der Waals surface area (Å²) in [5.41, 5.74) is -1.20. The number of ether oxygens (including phenoxy) is 1. The van der Waals surface area contributed by atoms with Gasteiger partial charge >= 0.3 is 6.18 Å². The Kier molecular flexibility index (Phi) is 5.97. The van der Waals surface area contributed by atoms with Gasteiger partial charge in [0.15, 0.2) is 0 Å². The van der Waals surface area contributed by atoms with Gasteiger partial charge < -0.3 is 4.74 Å². The summed E-state index contributed by atoms with van der Waals surface area (Å²) in [6.07, 6.45) is -4.76. The number of nitrogens with zero attached hydrogens (tertiary/aromatic N) is 1. The maximum atomic E-state index is 13.0. The van der Waals surface area contributed by atoms with Crippen molar-refractivity contribution in [2.24, 2.45) is 0 Å². The van der Waals surface area contributed by atoms with Crippen LogP contribution in [-0.4, -0.2) is 32.9 Å². The number of rotatable bonds is 6. The van der Waals surface area contributed by atoms with Crippen molar-refractivity contribution < 1.29 is 26.3 Å². The Morgan fingerprint density at radius 1 is 1.12 bits per heavy atom. The van der Waals surface area contributed by atoms with Gasteiger partial charge in [-0.15, -0.1) is 0 Å². The van der Waals surface area contributed by atoms with Crippen molar-refractivity contribution >= 4 is 21.6 Å². The Bertz CT molecular complexity index is 841. The van der Waals surface area contributed by atoms with E-state index in [0.717, 1.165) is 22.5 Å². The van der Waals surface area contributed by atoms with Crippen LogP contribution in [0.15, 0.2) is 53.4 Å². The molecule has 4 nitrogen and oxygen atoms in total. The molecule has 0 unspecified atom stereocenters. The zero-order chi connectivity index (χ0) is 18.7. The number of likely N-dealkylation sites (N-methyl/N-ethyl adjacent to an activating group) is 1. The Balaban J connectivity index is 2.12. The third-order valence-corrected chi connectivity index (χ3v) is 5.50. The molecule has 0 saturated carbocycles. The number of sulfonamides is 1. The molecule has 0 amide bonds. The van der Waals surface area contributed by atoms with Crippen LogP contribution >= 0.6 is 11.6 Å². The van der Waals surface area contributed by atoms with Crippen LogP contribution in [0.4, 0.5) is 13.2 Å². The third-order valence-electron chi connectivity index (χ3n) is 3.35. The first kappa shape index (κ1) is 19.6. The molecular formula is C16H15ClF3NO3S.